The Morgan fingerprint density at radius 1 is 0.510 bits per heavy atom. The van der Waals surface area contributed by atoms with Crippen LogP contribution in [0.15, 0.2) is 0 Å². The molecule has 0 unspecified atom stereocenters. The number of hydrogen-bond donors (Lipinski definition) is 6. The molecule has 0 aromatic heterocycles. The number of ether oxygens (including phenoxy) is 5. The Bertz CT molecular complexity index is 874. The second-order valence-corrected chi connectivity index (χ2v) is 13.6. The summed E-state index contributed by atoms with van der Waals surface area (Å²) in [5.74, 6) is -1.27. The van der Waals surface area contributed by atoms with Gasteiger partial charge in [-0.3, -0.25) is 9.59 Å². The van der Waals surface area contributed by atoms with Crippen LogP contribution in [0.1, 0.15) is 142 Å². The zero-order valence-corrected chi connectivity index (χ0v) is 29.9. The van der Waals surface area contributed by atoms with Crippen LogP contribution in [0.2, 0.25) is 0 Å². The lowest BCUT2D eigenvalue weighted by Crippen LogP contribution is -2.65. The molecule has 6 N–H and O–H groups in total. The lowest BCUT2D eigenvalue weighted by Gasteiger charge is -2.46. The first-order valence-corrected chi connectivity index (χ1v) is 19.0. The molecular formula is C36H66O13. The number of rotatable bonds is 26. The molecule has 13 heteroatoms. The monoisotopic (exact) mass is 706 g/mol. The molecule has 0 aliphatic carbocycles. The minimum absolute atomic E-state index is 0.0526. The van der Waals surface area contributed by atoms with Crippen LogP contribution in [-0.2, 0) is 33.3 Å². The van der Waals surface area contributed by atoms with Crippen molar-refractivity contribution >= 4 is 11.9 Å². The second kappa shape index (κ2) is 25.5. The molecule has 0 saturated carbocycles. The molecule has 2 aliphatic rings. The topological polar surface area (TPSA) is 202 Å². The van der Waals surface area contributed by atoms with Gasteiger partial charge in [0.25, 0.3) is 0 Å². The summed E-state index contributed by atoms with van der Waals surface area (Å²) in [5, 5.41) is 61.8. The van der Waals surface area contributed by atoms with E-state index in [4.69, 9.17) is 23.7 Å². The van der Waals surface area contributed by atoms with Gasteiger partial charge in [-0.1, -0.05) is 117 Å². The lowest BCUT2D eigenvalue weighted by molar-refractivity contribution is -0.356. The van der Waals surface area contributed by atoms with Crippen LogP contribution in [0.4, 0.5) is 0 Å². The molecule has 13 nitrogen and oxygen atoms in total. The molecule has 0 bridgehead atoms. The summed E-state index contributed by atoms with van der Waals surface area (Å²) < 4.78 is 28.3. The maximum atomic E-state index is 13.1. The Morgan fingerprint density at radius 3 is 1.39 bits per heavy atom. The van der Waals surface area contributed by atoms with Crippen LogP contribution in [0.3, 0.4) is 0 Å². The fourth-order valence-electron chi connectivity index (χ4n) is 6.38. The Kier molecular flexibility index (Phi) is 22.8. The highest BCUT2D eigenvalue weighted by molar-refractivity contribution is 5.70. The summed E-state index contributed by atoms with van der Waals surface area (Å²) >= 11 is 0. The van der Waals surface area contributed by atoms with Gasteiger partial charge in [-0.2, -0.15) is 0 Å². The van der Waals surface area contributed by atoms with Crippen molar-refractivity contribution in [3.05, 3.63) is 0 Å². The fourth-order valence-corrected chi connectivity index (χ4v) is 6.38. The van der Waals surface area contributed by atoms with Crippen molar-refractivity contribution in [1.29, 1.82) is 0 Å². The molecule has 0 aromatic rings. The van der Waals surface area contributed by atoms with Gasteiger partial charge >= 0.3 is 11.9 Å². The van der Waals surface area contributed by atoms with Crippen LogP contribution in [0.5, 0.6) is 0 Å². The maximum absolute atomic E-state index is 13.1. The Morgan fingerprint density at radius 2 is 0.939 bits per heavy atom. The maximum Gasteiger partial charge on any atom is 0.306 e. The van der Waals surface area contributed by atoms with Crippen LogP contribution in [0.25, 0.3) is 0 Å². The summed E-state index contributed by atoms with van der Waals surface area (Å²) in [6, 6.07) is 0. The average Bonchev–Trinajstić information content (AvgIpc) is 3.09. The van der Waals surface area contributed by atoms with E-state index in [1.54, 1.807) is 0 Å². The third-order valence-corrected chi connectivity index (χ3v) is 9.43. The highest BCUT2D eigenvalue weighted by Crippen LogP contribution is 2.32. The fraction of sp³-hybridized carbons (Fsp3) is 0.944. The van der Waals surface area contributed by atoms with Gasteiger partial charge in [0.1, 0.15) is 36.6 Å². The SMILES string of the molecule is CCCCCCCCCCCC(=O)O[C@H]1[C@@H](O[C@H]2[C@H](O)[C@@H](O)[C@H](O)O[C@@H]2CO)O[C@H](CO)[C@@H](O)[C@@H]1OC(=O)CCCCCCCCCCC. The first-order valence-electron chi connectivity index (χ1n) is 19.0. The third-order valence-electron chi connectivity index (χ3n) is 9.43. The van der Waals surface area contributed by atoms with Crippen LogP contribution >= 0.6 is 0 Å². The largest absolute Gasteiger partial charge is 0.455 e. The number of carbonyl (C=O) groups excluding carboxylic acids is 2. The number of unbranched alkanes of at least 4 members (excludes halogenated alkanes) is 16. The van der Waals surface area contributed by atoms with E-state index >= 15 is 0 Å². The predicted octanol–water partition coefficient (Wildman–Crippen LogP) is 3.55. The molecule has 2 aliphatic heterocycles. The number of aliphatic hydroxyl groups is 6. The molecule has 2 rings (SSSR count). The van der Waals surface area contributed by atoms with E-state index in [2.05, 4.69) is 13.8 Å². The van der Waals surface area contributed by atoms with Crippen LogP contribution in [0, 0.1) is 0 Å². The van der Waals surface area contributed by atoms with Crippen molar-refractivity contribution in [2.75, 3.05) is 13.2 Å². The van der Waals surface area contributed by atoms with E-state index in [1.165, 1.54) is 51.4 Å². The molecule has 49 heavy (non-hydrogen) atoms. The molecular weight excluding hydrogens is 640 g/mol. The van der Waals surface area contributed by atoms with E-state index in [1.807, 2.05) is 0 Å². The number of carbonyl (C=O) groups is 2. The van der Waals surface area contributed by atoms with Crippen molar-refractivity contribution in [3.8, 4) is 0 Å². The summed E-state index contributed by atoms with van der Waals surface area (Å²) in [6.07, 6.45) is 3.37. The summed E-state index contributed by atoms with van der Waals surface area (Å²) in [7, 11) is 0. The summed E-state index contributed by atoms with van der Waals surface area (Å²) in [4.78, 5) is 26.1. The van der Waals surface area contributed by atoms with Gasteiger partial charge < -0.3 is 54.3 Å². The molecule has 2 heterocycles. The first kappa shape index (κ1) is 43.7. The minimum Gasteiger partial charge on any atom is -0.455 e. The standard InChI is InChI=1S/C36H66O13/c1-3-5-7-9-11-13-15-17-19-21-27(39)47-33-29(41)25(23-37)46-36(49-32-26(24-38)45-35(44)31(43)30(32)42)34(33)48-28(40)22-20-18-16-14-12-10-8-6-4-2/h25-26,29-38,41-44H,3-24H2,1-2H3/t25-,26-,29-,30-,31-,32-,33+,34-,35-,36-/m1/s1. The van der Waals surface area contributed by atoms with Gasteiger partial charge in [-0.15, -0.1) is 0 Å². The summed E-state index contributed by atoms with van der Waals surface area (Å²) in [5.41, 5.74) is 0. The number of aliphatic hydroxyl groups excluding tert-OH is 6. The molecule has 288 valence electrons. The molecule has 0 spiro atoms. The average molecular weight is 707 g/mol. The second-order valence-electron chi connectivity index (χ2n) is 13.6. The van der Waals surface area contributed by atoms with E-state index in [0.717, 1.165) is 51.4 Å². The summed E-state index contributed by atoms with van der Waals surface area (Å²) in [6.45, 7) is 2.94. The molecule has 0 amide bonds. The molecule has 2 fully saturated rings. The van der Waals surface area contributed by atoms with Gasteiger partial charge in [-0.25, -0.2) is 0 Å². The molecule has 10 atom stereocenters. The quantitative estimate of drug-likeness (QED) is 0.0564. The smallest absolute Gasteiger partial charge is 0.306 e. The number of hydrogen-bond acceptors (Lipinski definition) is 13. The van der Waals surface area contributed by atoms with Crippen molar-refractivity contribution in [2.45, 2.75) is 204 Å². The van der Waals surface area contributed by atoms with E-state index < -0.39 is 86.6 Å². The Hall–Kier alpha value is -1.42. The van der Waals surface area contributed by atoms with Crippen molar-refractivity contribution in [3.63, 3.8) is 0 Å². The van der Waals surface area contributed by atoms with Gasteiger partial charge in [0.15, 0.2) is 24.8 Å². The van der Waals surface area contributed by atoms with E-state index in [9.17, 15) is 40.2 Å². The molecule has 0 aromatic carbocycles. The van der Waals surface area contributed by atoms with Crippen molar-refractivity contribution in [2.24, 2.45) is 0 Å². The lowest BCUT2D eigenvalue weighted by atomic mass is 9.96. The normalized spacial score (nSPS) is 30.3. The number of esters is 2. The Labute approximate surface area is 292 Å². The van der Waals surface area contributed by atoms with Gasteiger partial charge in [-0.05, 0) is 12.8 Å². The van der Waals surface area contributed by atoms with Crippen LogP contribution in [-0.4, -0.2) is 117 Å². The van der Waals surface area contributed by atoms with E-state index in [-0.39, 0.29) is 12.8 Å². The zero-order valence-electron chi connectivity index (χ0n) is 29.9. The van der Waals surface area contributed by atoms with Crippen molar-refractivity contribution in [1.82, 2.24) is 0 Å². The molecule has 0 radical (unpaired) electrons. The zero-order chi connectivity index (χ0) is 36.0. The Balaban J connectivity index is 2.08. The third kappa shape index (κ3) is 15.8. The first-order chi connectivity index (χ1) is 23.7. The van der Waals surface area contributed by atoms with Crippen molar-refractivity contribution < 1.29 is 63.9 Å². The molecule has 2 saturated heterocycles. The predicted molar refractivity (Wildman–Crippen MR) is 180 cm³/mol. The van der Waals surface area contributed by atoms with Gasteiger partial charge in [0.05, 0.1) is 13.2 Å². The van der Waals surface area contributed by atoms with Gasteiger partial charge in [0.2, 0.25) is 0 Å². The highest BCUT2D eigenvalue weighted by atomic mass is 16.7. The van der Waals surface area contributed by atoms with E-state index in [0.29, 0.717) is 12.8 Å². The van der Waals surface area contributed by atoms with Crippen LogP contribution < -0.4 is 0 Å². The highest BCUT2D eigenvalue weighted by Gasteiger charge is 2.53. The minimum atomic E-state index is -1.80. The van der Waals surface area contributed by atoms with Gasteiger partial charge in [0, 0.05) is 12.8 Å².